The van der Waals surface area contributed by atoms with E-state index in [2.05, 4.69) is 10.5 Å². The number of sulfone groups is 1. The second kappa shape index (κ2) is 6.83. The Morgan fingerprint density at radius 1 is 0.955 bits per heavy atom. The van der Waals surface area contributed by atoms with Crippen LogP contribution in [0.1, 0.15) is 0 Å². The first-order valence-corrected chi connectivity index (χ1v) is 7.74. The van der Waals surface area contributed by atoms with Crippen molar-refractivity contribution in [2.45, 2.75) is 4.90 Å². The van der Waals surface area contributed by atoms with Crippen molar-refractivity contribution < 1.29 is 13.2 Å². The van der Waals surface area contributed by atoms with Crippen LogP contribution in [0.15, 0.2) is 70.7 Å². The molecular weight excluding hydrogens is 304 g/mol. The third-order valence-electron chi connectivity index (χ3n) is 2.69. The van der Waals surface area contributed by atoms with E-state index in [1.165, 1.54) is 12.1 Å². The van der Waals surface area contributed by atoms with Gasteiger partial charge in [-0.1, -0.05) is 36.4 Å². The highest BCUT2D eigenvalue weighted by Gasteiger charge is 2.29. The zero-order valence-corrected chi connectivity index (χ0v) is 12.2. The zero-order valence-electron chi connectivity index (χ0n) is 11.4. The Labute approximate surface area is 127 Å². The van der Waals surface area contributed by atoms with E-state index in [9.17, 15) is 13.2 Å². The summed E-state index contributed by atoms with van der Waals surface area (Å²) in [6.45, 7) is 0. The first kappa shape index (κ1) is 15.7. The lowest BCUT2D eigenvalue weighted by atomic mass is 10.3. The van der Waals surface area contributed by atoms with Gasteiger partial charge in [0.1, 0.15) is 0 Å². The van der Waals surface area contributed by atoms with E-state index >= 15 is 0 Å². The average molecular weight is 318 g/mol. The molecule has 0 aliphatic carbocycles. The second-order valence-corrected chi connectivity index (χ2v) is 6.05. The van der Waals surface area contributed by atoms with Gasteiger partial charge in [0.05, 0.1) is 10.6 Å². The Hall–Kier alpha value is -2.71. The first-order valence-electron chi connectivity index (χ1n) is 6.25. The Bertz CT molecular complexity index is 774. The third-order valence-corrected chi connectivity index (χ3v) is 4.37. The minimum absolute atomic E-state index is 0.0489. The summed E-state index contributed by atoms with van der Waals surface area (Å²) in [6.07, 6.45) is 0. The number of nitrogens with two attached hydrogens (primary N) is 1. The molecule has 2 aromatic carbocycles. The van der Waals surface area contributed by atoms with Gasteiger partial charge in [-0.3, -0.25) is 15.6 Å². The van der Waals surface area contributed by atoms with E-state index in [1.54, 1.807) is 54.0 Å². The fourth-order valence-electron chi connectivity index (χ4n) is 1.63. The molecule has 4 N–H and O–H groups in total. The van der Waals surface area contributed by atoms with Gasteiger partial charge in [0.2, 0.25) is 14.9 Å². The van der Waals surface area contributed by atoms with Gasteiger partial charge < -0.3 is 0 Å². The molecule has 0 heterocycles. The molecule has 0 aliphatic rings. The van der Waals surface area contributed by atoms with Crippen molar-refractivity contribution in [3.8, 4) is 0 Å². The van der Waals surface area contributed by atoms with E-state index in [1.807, 2.05) is 0 Å². The van der Waals surface area contributed by atoms with Crippen LogP contribution < -0.4 is 16.7 Å². The number of hydrogen-bond acceptors (Lipinski definition) is 6. The lowest BCUT2D eigenvalue weighted by Gasteiger charge is -2.07. The van der Waals surface area contributed by atoms with Gasteiger partial charge in [-0.25, -0.2) is 14.3 Å². The number of nitrogens with one attached hydrogen (secondary N) is 2. The molecule has 0 bridgehead atoms. The number of carbonyl (C=O) groups excluding carboxylic acids is 1. The Kier molecular flexibility index (Phi) is 4.87. The number of hydrogen-bond donors (Lipinski definition) is 3. The van der Waals surface area contributed by atoms with Gasteiger partial charge >= 0.3 is 0 Å². The van der Waals surface area contributed by atoms with Gasteiger partial charge in [0, 0.05) is 0 Å². The maximum Gasteiger partial charge on any atom is 0.297 e. The number of benzene rings is 2. The van der Waals surface area contributed by atoms with E-state index in [0.29, 0.717) is 5.69 Å². The van der Waals surface area contributed by atoms with Crippen LogP contribution in [0, 0.1) is 0 Å². The number of amides is 1. The highest BCUT2D eigenvalue weighted by atomic mass is 32.2. The number of nitrogens with zero attached hydrogens (tertiary/aromatic N) is 1. The SMILES string of the molecule is NNC(=O)/C(=N/Nc1ccccc1)S(=O)(=O)c1ccccc1. The molecule has 1 amide bonds. The van der Waals surface area contributed by atoms with Crippen molar-refractivity contribution in [1.29, 1.82) is 0 Å². The van der Waals surface area contributed by atoms with Gasteiger partial charge in [-0.15, -0.1) is 0 Å². The fourth-order valence-corrected chi connectivity index (χ4v) is 2.84. The first-order chi connectivity index (χ1) is 10.6. The topological polar surface area (TPSA) is 114 Å². The van der Waals surface area contributed by atoms with Crippen molar-refractivity contribution in [3.63, 3.8) is 0 Å². The van der Waals surface area contributed by atoms with Crippen molar-refractivity contribution >= 4 is 26.5 Å². The molecule has 0 spiro atoms. The Morgan fingerprint density at radius 2 is 1.50 bits per heavy atom. The maximum absolute atomic E-state index is 12.5. The minimum atomic E-state index is -4.09. The predicted molar refractivity (Wildman–Crippen MR) is 83.5 cm³/mol. The minimum Gasteiger partial charge on any atom is -0.288 e. The van der Waals surface area contributed by atoms with E-state index < -0.39 is 20.8 Å². The highest BCUT2D eigenvalue weighted by Crippen LogP contribution is 2.13. The third kappa shape index (κ3) is 3.48. The molecule has 0 atom stereocenters. The van der Waals surface area contributed by atoms with Gasteiger partial charge in [0.25, 0.3) is 5.91 Å². The van der Waals surface area contributed by atoms with E-state index in [-0.39, 0.29) is 4.90 Å². The number of carbonyl (C=O) groups is 1. The van der Waals surface area contributed by atoms with Crippen LogP contribution in [0.3, 0.4) is 0 Å². The van der Waals surface area contributed by atoms with Crippen LogP contribution in [-0.4, -0.2) is 19.4 Å². The normalized spacial score (nSPS) is 11.8. The lowest BCUT2D eigenvalue weighted by Crippen LogP contribution is -2.40. The molecular formula is C14H14N4O3S. The molecule has 7 nitrogen and oxygen atoms in total. The van der Waals surface area contributed by atoms with Crippen molar-refractivity contribution in [2.75, 3.05) is 5.43 Å². The number of para-hydroxylation sites is 1. The summed E-state index contributed by atoms with van der Waals surface area (Å²) < 4.78 is 24.9. The summed E-state index contributed by atoms with van der Waals surface area (Å²) in [5.41, 5.74) is 4.85. The van der Waals surface area contributed by atoms with E-state index in [4.69, 9.17) is 5.84 Å². The molecule has 0 saturated carbocycles. The standard InChI is InChI=1S/C14H14N4O3S/c15-16-13(19)14(18-17-11-7-3-1-4-8-11)22(20,21)12-9-5-2-6-10-12/h1-10,17H,15H2,(H,16,19)/b18-14-. The number of hydrazone groups is 1. The van der Waals surface area contributed by atoms with E-state index in [0.717, 1.165) is 0 Å². The van der Waals surface area contributed by atoms with Crippen LogP contribution >= 0.6 is 0 Å². The molecule has 2 rings (SSSR count). The molecule has 0 aliphatic heterocycles. The summed E-state index contributed by atoms with van der Waals surface area (Å²) in [5.74, 6) is 4.04. The molecule has 8 heteroatoms. The van der Waals surface area contributed by atoms with Crippen molar-refractivity contribution in [1.82, 2.24) is 5.43 Å². The number of hydrazine groups is 1. The molecule has 0 unspecified atom stereocenters. The summed E-state index contributed by atoms with van der Waals surface area (Å²) in [6, 6.07) is 16.1. The smallest absolute Gasteiger partial charge is 0.288 e. The van der Waals surface area contributed by atoms with Gasteiger partial charge in [-0.2, -0.15) is 5.10 Å². The molecule has 0 aromatic heterocycles. The fraction of sp³-hybridized carbons (Fsp3) is 0. The van der Waals surface area contributed by atoms with Crippen LogP contribution in [-0.2, 0) is 14.6 Å². The van der Waals surface area contributed by atoms with Crippen LogP contribution in [0.25, 0.3) is 0 Å². The van der Waals surface area contributed by atoms with Crippen LogP contribution in [0.4, 0.5) is 5.69 Å². The number of rotatable bonds is 3. The Balaban J connectivity index is 2.41. The summed E-state index contributed by atoms with van der Waals surface area (Å²) in [7, 11) is -4.09. The highest BCUT2D eigenvalue weighted by molar-refractivity contribution is 8.08. The molecule has 0 fully saturated rings. The molecule has 22 heavy (non-hydrogen) atoms. The molecule has 0 radical (unpaired) electrons. The maximum atomic E-state index is 12.5. The zero-order chi connectivity index (χ0) is 16.0. The average Bonchev–Trinajstić information content (AvgIpc) is 2.56. The summed E-state index contributed by atoms with van der Waals surface area (Å²) in [4.78, 5) is 11.7. The summed E-state index contributed by atoms with van der Waals surface area (Å²) >= 11 is 0. The monoisotopic (exact) mass is 318 g/mol. The molecule has 2 aromatic rings. The largest absolute Gasteiger partial charge is 0.297 e. The quantitative estimate of drug-likeness (QED) is 0.255. The lowest BCUT2D eigenvalue weighted by molar-refractivity contribution is -0.114. The molecule has 114 valence electrons. The molecule has 0 saturated heterocycles. The number of anilines is 1. The summed E-state index contributed by atoms with van der Waals surface area (Å²) in [5, 5.41) is 2.98. The van der Waals surface area contributed by atoms with Crippen LogP contribution in [0.2, 0.25) is 0 Å². The van der Waals surface area contributed by atoms with Crippen molar-refractivity contribution in [3.05, 3.63) is 60.7 Å². The van der Waals surface area contributed by atoms with Crippen LogP contribution in [0.5, 0.6) is 0 Å². The van der Waals surface area contributed by atoms with Gasteiger partial charge in [0.15, 0.2) is 0 Å². The second-order valence-electron chi connectivity index (χ2n) is 4.18. The van der Waals surface area contributed by atoms with Gasteiger partial charge in [-0.05, 0) is 24.3 Å². The van der Waals surface area contributed by atoms with Crippen molar-refractivity contribution in [2.24, 2.45) is 10.9 Å². The predicted octanol–water partition coefficient (Wildman–Crippen LogP) is 0.876. The Morgan fingerprint density at radius 3 is 2.05 bits per heavy atom.